The maximum absolute atomic E-state index is 14.4. The minimum Gasteiger partial charge on any atom is -0.394 e. The Morgan fingerprint density at radius 1 is 1.12 bits per heavy atom. The van der Waals surface area contributed by atoms with Crippen LogP contribution in [0.3, 0.4) is 0 Å². The Morgan fingerprint density at radius 3 is 2.48 bits per heavy atom. The van der Waals surface area contributed by atoms with E-state index in [9.17, 15) is 19.5 Å². The zero-order valence-corrected chi connectivity index (χ0v) is 24.2. The van der Waals surface area contributed by atoms with Crippen molar-refractivity contribution in [2.24, 2.45) is 23.7 Å². The molecule has 3 unspecified atom stereocenters. The van der Waals surface area contributed by atoms with Crippen molar-refractivity contribution in [1.29, 1.82) is 0 Å². The van der Waals surface area contributed by atoms with Crippen molar-refractivity contribution >= 4 is 23.4 Å². The van der Waals surface area contributed by atoms with E-state index in [0.717, 1.165) is 16.7 Å². The lowest BCUT2D eigenvalue weighted by Gasteiger charge is -2.38. The van der Waals surface area contributed by atoms with Crippen LogP contribution in [-0.4, -0.2) is 57.6 Å². The largest absolute Gasteiger partial charge is 0.394 e. The highest BCUT2D eigenvalue weighted by atomic mass is 16.5. The molecule has 3 heterocycles. The number of ether oxygens (including phenoxy) is 1. The van der Waals surface area contributed by atoms with Gasteiger partial charge in [0, 0.05) is 12.2 Å². The molecule has 3 saturated heterocycles. The molecular formula is C32H41N3O5. The fraction of sp³-hybridized carbons (Fsp3) is 0.531. The molecule has 5 rings (SSSR count). The SMILES string of the molecule is Cc1ccc(C)c(NC(=O)C2N([C@@H](CO)C(C)C)C(=O)[C@@H]3[C@@H](C(=O)NCc4ccccc4)[C@]4(C)OC23CC4C)c1. The Balaban J connectivity index is 1.55. The highest BCUT2D eigenvalue weighted by Gasteiger charge is 2.80. The summed E-state index contributed by atoms with van der Waals surface area (Å²) in [5, 5.41) is 16.5. The molecule has 2 aromatic carbocycles. The number of anilines is 1. The number of fused-ring (bicyclic) bond motifs is 1. The number of nitrogens with one attached hydrogen (secondary N) is 2. The van der Waals surface area contributed by atoms with Gasteiger partial charge in [0.15, 0.2) is 0 Å². The molecule has 8 nitrogen and oxygen atoms in total. The first-order valence-corrected chi connectivity index (χ1v) is 14.3. The number of carbonyl (C=O) groups is 3. The highest BCUT2D eigenvalue weighted by Crippen LogP contribution is 2.65. The average molecular weight is 548 g/mol. The topological polar surface area (TPSA) is 108 Å². The number of benzene rings is 2. The second-order valence-corrected chi connectivity index (χ2v) is 12.5. The van der Waals surface area contributed by atoms with Gasteiger partial charge in [-0.05, 0) is 61.8 Å². The zero-order chi connectivity index (χ0) is 29.0. The first-order chi connectivity index (χ1) is 18.9. The summed E-state index contributed by atoms with van der Waals surface area (Å²) < 4.78 is 6.80. The molecule has 3 fully saturated rings. The van der Waals surface area contributed by atoms with Crippen LogP contribution < -0.4 is 10.6 Å². The summed E-state index contributed by atoms with van der Waals surface area (Å²) in [7, 11) is 0. The van der Waals surface area contributed by atoms with Crippen molar-refractivity contribution in [1.82, 2.24) is 10.2 Å². The molecule has 0 aromatic heterocycles. The van der Waals surface area contributed by atoms with Crippen LogP contribution in [0.15, 0.2) is 48.5 Å². The molecule has 0 radical (unpaired) electrons. The molecule has 0 saturated carbocycles. The average Bonchev–Trinajstić information content (AvgIpc) is 3.42. The second kappa shape index (κ2) is 10.3. The van der Waals surface area contributed by atoms with E-state index >= 15 is 0 Å². The molecule has 3 aliphatic heterocycles. The summed E-state index contributed by atoms with van der Waals surface area (Å²) in [4.78, 5) is 44.0. The third-order valence-electron chi connectivity index (χ3n) is 9.56. The van der Waals surface area contributed by atoms with Crippen molar-refractivity contribution in [3.63, 3.8) is 0 Å². The smallest absolute Gasteiger partial charge is 0.250 e. The molecule has 2 aromatic rings. The van der Waals surface area contributed by atoms with Crippen molar-refractivity contribution in [3.05, 3.63) is 65.2 Å². The van der Waals surface area contributed by atoms with Gasteiger partial charge in [-0.15, -0.1) is 0 Å². The Hall–Kier alpha value is -3.23. The molecule has 40 heavy (non-hydrogen) atoms. The van der Waals surface area contributed by atoms with E-state index in [4.69, 9.17) is 4.74 Å². The number of carbonyl (C=O) groups excluding carboxylic acids is 3. The molecule has 3 amide bonds. The van der Waals surface area contributed by atoms with Crippen LogP contribution in [0.4, 0.5) is 5.69 Å². The summed E-state index contributed by atoms with van der Waals surface area (Å²) in [6.45, 7) is 11.7. The summed E-state index contributed by atoms with van der Waals surface area (Å²) in [6.07, 6.45) is 0.472. The third-order valence-corrected chi connectivity index (χ3v) is 9.56. The molecule has 1 spiro atoms. The number of hydrogen-bond donors (Lipinski definition) is 3. The highest BCUT2D eigenvalue weighted by molar-refractivity contribution is 6.04. The van der Waals surface area contributed by atoms with Gasteiger partial charge < -0.3 is 25.4 Å². The van der Waals surface area contributed by atoms with E-state index in [-0.39, 0.29) is 36.2 Å². The van der Waals surface area contributed by atoms with E-state index in [1.54, 1.807) is 0 Å². The summed E-state index contributed by atoms with van der Waals surface area (Å²) in [5.41, 5.74) is 1.45. The number of amides is 3. The maximum Gasteiger partial charge on any atom is 0.250 e. The van der Waals surface area contributed by atoms with Crippen LogP contribution in [0.5, 0.6) is 0 Å². The van der Waals surface area contributed by atoms with Gasteiger partial charge in [-0.1, -0.05) is 63.2 Å². The maximum atomic E-state index is 14.4. The van der Waals surface area contributed by atoms with Crippen LogP contribution in [0, 0.1) is 37.5 Å². The van der Waals surface area contributed by atoms with E-state index in [0.29, 0.717) is 18.7 Å². The molecule has 0 aliphatic carbocycles. The Bertz CT molecular complexity index is 1310. The second-order valence-electron chi connectivity index (χ2n) is 12.5. The first kappa shape index (κ1) is 28.3. The van der Waals surface area contributed by atoms with Gasteiger partial charge >= 0.3 is 0 Å². The Kier molecular flexibility index (Phi) is 7.29. The number of aliphatic hydroxyl groups excluding tert-OH is 1. The van der Waals surface area contributed by atoms with Gasteiger partial charge in [-0.3, -0.25) is 14.4 Å². The predicted octanol–water partition coefficient (Wildman–Crippen LogP) is 3.59. The number of hydrogen-bond acceptors (Lipinski definition) is 5. The number of rotatable bonds is 8. The van der Waals surface area contributed by atoms with Crippen LogP contribution in [0.25, 0.3) is 0 Å². The van der Waals surface area contributed by atoms with Gasteiger partial charge in [-0.25, -0.2) is 0 Å². The lowest BCUT2D eigenvalue weighted by atomic mass is 9.62. The summed E-state index contributed by atoms with van der Waals surface area (Å²) >= 11 is 0. The number of aryl methyl sites for hydroxylation is 2. The third kappa shape index (κ3) is 4.32. The van der Waals surface area contributed by atoms with Crippen LogP contribution in [-0.2, 0) is 25.7 Å². The van der Waals surface area contributed by atoms with Gasteiger partial charge in [-0.2, -0.15) is 0 Å². The first-order valence-electron chi connectivity index (χ1n) is 14.3. The van der Waals surface area contributed by atoms with Gasteiger partial charge in [0.25, 0.3) is 0 Å². The van der Waals surface area contributed by atoms with E-state index in [1.165, 1.54) is 4.90 Å². The van der Waals surface area contributed by atoms with Gasteiger partial charge in [0.05, 0.1) is 30.1 Å². The lowest BCUT2D eigenvalue weighted by Crippen LogP contribution is -2.57. The van der Waals surface area contributed by atoms with Crippen molar-refractivity contribution < 1.29 is 24.2 Å². The van der Waals surface area contributed by atoms with Gasteiger partial charge in [0.2, 0.25) is 17.7 Å². The molecule has 3 aliphatic rings. The minimum absolute atomic E-state index is 0.0633. The lowest BCUT2D eigenvalue weighted by molar-refractivity contribution is -0.150. The monoisotopic (exact) mass is 547 g/mol. The van der Waals surface area contributed by atoms with Gasteiger partial charge in [0.1, 0.15) is 11.6 Å². The van der Waals surface area contributed by atoms with Crippen LogP contribution in [0.1, 0.15) is 50.8 Å². The van der Waals surface area contributed by atoms with Crippen molar-refractivity contribution in [3.8, 4) is 0 Å². The molecule has 8 heteroatoms. The van der Waals surface area contributed by atoms with Crippen LogP contribution >= 0.6 is 0 Å². The fourth-order valence-electron chi connectivity index (χ4n) is 7.32. The Morgan fingerprint density at radius 2 is 1.82 bits per heavy atom. The van der Waals surface area contributed by atoms with Crippen LogP contribution in [0.2, 0.25) is 0 Å². The Labute approximate surface area is 236 Å². The normalized spacial score (nSPS) is 31.4. The molecule has 2 bridgehead atoms. The minimum atomic E-state index is -1.18. The van der Waals surface area contributed by atoms with Crippen molar-refractivity contribution in [2.75, 3.05) is 11.9 Å². The van der Waals surface area contributed by atoms with Crippen molar-refractivity contribution in [2.45, 2.75) is 77.8 Å². The molecule has 214 valence electrons. The predicted molar refractivity (Wildman–Crippen MR) is 152 cm³/mol. The number of aliphatic hydroxyl groups is 1. The molecule has 3 N–H and O–H groups in total. The van der Waals surface area contributed by atoms with E-state index in [1.807, 2.05) is 90.1 Å². The number of nitrogens with zero attached hydrogens (tertiary/aromatic N) is 1. The fourth-order valence-corrected chi connectivity index (χ4v) is 7.32. The standard InChI is InChI=1S/C32H41N3O5/c1-18(2)24(17-36)35-27(29(38)34-23-14-19(3)12-13-20(23)4)32-15-21(5)31(6,40-32)25(26(32)30(35)39)28(37)33-16-22-10-8-7-9-11-22/h7-14,18,21,24-27,36H,15-17H2,1-6H3,(H,33,37)(H,34,38)/t21?,24-,25-,26-,27?,31+,32?/m0/s1. The number of likely N-dealkylation sites (tertiary alicyclic amines) is 1. The molecular weight excluding hydrogens is 506 g/mol. The van der Waals surface area contributed by atoms with E-state index < -0.39 is 35.1 Å². The molecule has 7 atom stereocenters. The summed E-state index contributed by atoms with van der Waals surface area (Å²) in [6, 6.07) is 13.9. The zero-order valence-electron chi connectivity index (χ0n) is 24.2. The summed E-state index contributed by atoms with van der Waals surface area (Å²) in [5.74, 6) is -2.68. The van der Waals surface area contributed by atoms with E-state index in [2.05, 4.69) is 10.6 Å². The quantitative estimate of drug-likeness (QED) is 0.468.